The third-order valence-electron chi connectivity index (χ3n) is 4.40. The van der Waals surface area contributed by atoms with Crippen molar-refractivity contribution in [1.82, 2.24) is 9.88 Å². The van der Waals surface area contributed by atoms with Crippen LogP contribution in [0.5, 0.6) is 0 Å². The second kappa shape index (κ2) is 7.47. The van der Waals surface area contributed by atoms with E-state index in [-0.39, 0.29) is 5.69 Å². The number of benzene rings is 1. The monoisotopic (exact) mass is 399 g/mol. The smallest absolute Gasteiger partial charge is 0.295 e. The van der Waals surface area contributed by atoms with E-state index in [0.29, 0.717) is 6.54 Å². The van der Waals surface area contributed by atoms with E-state index in [1.807, 2.05) is 6.07 Å². The molecule has 9 heteroatoms. The number of rotatable bonds is 6. The average molecular weight is 399 g/mol. The van der Waals surface area contributed by atoms with E-state index in [4.69, 9.17) is 0 Å². The van der Waals surface area contributed by atoms with Gasteiger partial charge in [0.05, 0.1) is 0 Å². The van der Waals surface area contributed by atoms with Crippen LogP contribution < -0.4 is 4.72 Å². The first-order valence-corrected chi connectivity index (χ1v) is 10.1. The molecule has 146 valence electrons. The van der Waals surface area contributed by atoms with Gasteiger partial charge in [-0.1, -0.05) is 19.4 Å². The van der Waals surface area contributed by atoms with Gasteiger partial charge in [-0.3, -0.25) is 14.6 Å². The fourth-order valence-corrected chi connectivity index (χ4v) is 4.33. The lowest BCUT2D eigenvalue weighted by Gasteiger charge is -2.14. The highest BCUT2D eigenvalue weighted by Gasteiger charge is 2.39. The number of fused-ring (bicyclic) bond motifs is 1. The molecule has 3 rings (SSSR count). The summed E-state index contributed by atoms with van der Waals surface area (Å²) in [6.45, 7) is 4.56. The Morgan fingerprint density at radius 3 is 2.63 bits per heavy atom. The lowest BCUT2D eigenvalue weighted by Crippen LogP contribution is -2.20. The van der Waals surface area contributed by atoms with Crippen molar-refractivity contribution < 1.29 is 21.6 Å². The quantitative estimate of drug-likeness (QED) is 0.797. The van der Waals surface area contributed by atoms with Crippen LogP contribution in [0.1, 0.15) is 36.6 Å². The summed E-state index contributed by atoms with van der Waals surface area (Å²) in [7, 11) is -4.42. The van der Waals surface area contributed by atoms with E-state index in [2.05, 4.69) is 21.5 Å². The number of unbranched alkanes of at least 4 members (excludes halogenated alkanes) is 1. The van der Waals surface area contributed by atoms with Crippen LogP contribution in [0.4, 0.5) is 18.9 Å². The molecule has 2 heterocycles. The highest BCUT2D eigenvalue weighted by Crippen LogP contribution is 2.33. The van der Waals surface area contributed by atoms with Gasteiger partial charge in [-0.05, 0) is 48.4 Å². The normalized spacial score (nSPS) is 15.0. The predicted molar refractivity (Wildman–Crippen MR) is 95.5 cm³/mol. The molecular formula is C18H20F3N3O2S. The van der Waals surface area contributed by atoms with Gasteiger partial charge in [0.2, 0.25) is 0 Å². The second-order valence-electron chi connectivity index (χ2n) is 6.50. The number of nitrogens with one attached hydrogen (secondary N) is 1. The van der Waals surface area contributed by atoms with Crippen LogP contribution >= 0.6 is 0 Å². The summed E-state index contributed by atoms with van der Waals surface area (Å²) in [4.78, 5) is 4.58. The summed E-state index contributed by atoms with van der Waals surface area (Å²) in [6.07, 6.45) is -1.77. The minimum absolute atomic E-state index is 0.239. The van der Waals surface area contributed by atoms with Crippen molar-refractivity contribution in [3.8, 4) is 0 Å². The van der Waals surface area contributed by atoms with Gasteiger partial charge in [0, 0.05) is 25.0 Å². The van der Waals surface area contributed by atoms with E-state index in [1.54, 1.807) is 12.1 Å². The Hall–Kier alpha value is -2.13. The molecule has 0 saturated heterocycles. The molecule has 1 aromatic heterocycles. The lowest BCUT2D eigenvalue weighted by atomic mass is 10.1. The molecule has 0 unspecified atom stereocenters. The molecule has 0 amide bonds. The van der Waals surface area contributed by atoms with Gasteiger partial charge >= 0.3 is 6.18 Å². The minimum Gasteiger partial charge on any atom is -0.295 e. The maximum Gasteiger partial charge on any atom is 0.434 e. The van der Waals surface area contributed by atoms with E-state index < -0.39 is 26.8 Å². The molecule has 0 fully saturated rings. The van der Waals surface area contributed by atoms with Gasteiger partial charge in [-0.25, -0.2) is 8.42 Å². The van der Waals surface area contributed by atoms with Crippen molar-refractivity contribution in [3.05, 3.63) is 53.3 Å². The molecule has 0 bridgehead atoms. The molecule has 1 N–H and O–H groups in total. The average Bonchev–Trinajstić information content (AvgIpc) is 3.01. The topological polar surface area (TPSA) is 62.3 Å². The van der Waals surface area contributed by atoms with Gasteiger partial charge in [-0.2, -0.15) is 13.2 Å². The summed E-state index contributed by atoms with van der Waals surface area (Å²) < 4.78 is 66.5. The van der Waals surface area contributed by atoms with Crippen molar-refractivity contribution in [2.24, 2.45) is 0 Å². The van der Waals surface area contributed by atoms with Crippen LogP contribution in [0.2, 0.25) is 0 Å². The summed E-state index contributed by atoms with van der Waals surface area (Å²) in [5.41, 5.74) is 0.896. The number of aromatic nitrogens is 1. The molecule has 0 atom stereocenters. The number of nitrogens with zero attached hydrogens (tertiary/aromatic N) is 2. The molecule has 0 radical (unpaired) electrons. The van der Waals surface area contributed by atoms with E-state index >= 15 is 0 Å². The second-order valence-corrected chi connectivity index (χ2v) is 8.15. The highest BCUT2D eigenvalue weighted by atomic mass is 32.2. The first-order valence-electron chi connectivity index (χ1n) is 8.60. The Morgan fingerprint density at radius 1 is 1.19 bits per heavy atom. The SMILES string of the molecule is CCCCN1Cc2ccc(NS(=O)(=O)c3cccnc3C(F)(F)F)cc2C1. The fourth-order valence-electron chi connectivity index (χ4n) is 3.10. The molecule has 1 aliphatic rings. The van der Waals surface area contributed by atoms with Gasteiger partial charge < -0.3 is 0 Å². The maximum absolute atomic E-state index is 13.1. The summed E-state index contributed by atoms with van der Waals surface area (Å²) in [5, 5.41) is 0. The summed E-state index contributed by atoms with van der Waals surface area (Å²) >= 11 is 0. The Kier molecular flexibility index (Phi) is 5.43. The van der Waals surface area contributed by atoms with Crippen LogP contribution in [0, 0.1) is 0 Å². The summed E-state index contributed by atoms with van der Waals surface area (Å²) in [6, 6.07) is 7.13. The van der Waals surface area contributed by atoms with Crippen molar-refractivity contribution >= 4 is 15.7 Å². The molecule has 0 spiro atoms. The third-order valence-corrected chi connectivity index (χ3v) is 5.82. The van der Waals surface area contributed by atoms with Crippen LogP contribution in [-0.4, -0.2) is 24.8 Å². The van der Waals surface area contributed by atoms with Crippen LogP contribution in [-0.2, 0) is 29.3 Å². The molecule has 1 aliphatic heterocycles. The van der Waals surface area contributed by atoms with Gasteiger partial charge in [0.25, 0.3) is 10.0 Å². The molecule has 2 aromatic rings. The zero-order chi connectivity index (χ0) is 19.7. The third kappa shape index (κ3) is 4.41. The largest absolute Gasteiger partial charge is 0.434 e. The minimum atomic E-state index is -4.86. The Labute approximate surface area is 156 Å². The van der Waals surface area contributed by atoms with Crippen molar-refractivity contribution in [1.29, 1.82) is 0 Å². The molecule has 0 aliphatic carbocycles. The first kappa shape index (κ1) is 19.6. The Morgan fingerprint density at radius 2 is 1.93 bits per heavy atom. The number of alkyl halides is 3. The first-order chi connectivity index (χ1) is 12.7. The maximum atomic E-state index is 13.1. The van der Waals surface area contributed by atoms with Crippen molar-refractivity contribution in [2.75, 3.05) is 11.3 Å². The Balaban J connectivity index is 1.83. The van der Waals surface area contributed by atoms with Crippen molar-refractivity contribution in [3.63, 3.8) is 0 Å². The van der Waals surface area contributed by atoms with E-state index in [0.717, 1.165) is 55.4 Å². The molecule has 0 saturated carbocycles. The summed E-state index contributed by atoms with van der Waals surface area (Å²) in [5.74, 6) is 0. The number of anilines is 1. The van der Waals surface area contributed by atoms with E-state index in [1.165, 1.54) is 0 Å². The lowest BCUT2D eigenvalue weighted by molar-refractivity contribution is -0.143. The fraction of sp³-hybridized carbons (Fsp3) is 0.389. The standard InChI is InChI=1S/C18H20F3N3O2S/c1-2-3-9-24-11-13-6-7-15(10-14(13)12-24)23-27(25,26)16-5-4-8-22-17(16)18(19,20)21/h4-8,10,23H,2-3,9,11-12H2,1H3. The van der Waals surface area contributed by atoms with Crippen molar-refractivity contribution in [2.45, 2.75) is 43.9 Å². The zero-order valence-electron chi connectivity index (χ0n) is 14.8. The number of pyridine rings is 1. The highest BCUT2D eigenvalue weighted by molar-refractivity contribution is 7.92. The van der Waals surface area contributed by atoms with Gasteiger partial charge in [-0.15, -0.1) is 0 Å². The molecule has 27 heavy (non-hydrogen) atoms. The zero-order valence-corrected chi connectivity index (χ0v) is 15.6. The molecule has 5 nitrogen and oxygen atoms in total. The number of halogens is 3. The predicted octanol–water partition coefficient (Wildman–Crippen LogP) is 4.02. The van der Waals surface area contributed by atoms with E-state index in [9.17, 15) is 21.6 Å². The number of hydrogen-bond acceptors (Lipinski definition) is 4. The number of sulfonamides is 1. The Bertz CT molecular complexity index is 930. The van der Waals surface area contributed by atoms with Crippen LogP contribution in [0.15, 0.2) is 41.4 Å². The van der Waals surface area contributed by atoms with Gasteiger partial charge in [0.15, 0.2) is 5.69 Å². The van der Waals surface area contributed by atoms with Crippen LogP contribution in [0.25, 0.3) is 0 Å². The molecular weight excluding hydrogens is 379 g/mol. The molecule has 1 aromatic carbocycles. The van der Waals surface area contributed by atoms with Gasteiger partial charge in [0.1, 0.15) is 4.90 Å². The van der Waals surface area contributed by atoms with Crippen LogP contribution in [0.3, 0.4) is 0 Å². The number of hydrogen-bond donors (Lipinski definition) is 1.